The number of nitrogens with zero attached hydrogens (tertiary/aromatic N) is 2. The van der Waals surface area contributed by atoms with E-state index in [1.54, 1.807) is 20.8 Å². The Hall–Kier alpha value is -2.56. The standard InChI is InChI=1S/C19H18F2N2O3/c1-10-12(8-22)17(24-4)15(11-6-5-7-23-18(11)21)16(20)14(10)13-9-25-19(2,3)26-13/h5-7,13H,9H2,1-4H3/t13-/m1/s1. The van der Waals surface area contributed by atoms with Crippen LogP contribution in [0.15, 0.2) is 18.3 Å². The van der Waals surface area contributed by atoms with Gasteiger partial charge in [-0.25, -0.2) is 9.37 Å². The number of hydrogen-bond donors (Lipinski definition) is 0. The zero-order chi connectivity index (χ0) is 19.1. The maximum Gasteiger partial charge on any atom is 0.220 e. The van der Waals surface area contributed by atoms with Crippen LogP contribution < -0.4 is 4.74 Å². The summed E-state index contributed by atoms with van der Waals surface area (Å²) in [5.41, 5.74) is 0.421. The van der Waals surface area contributed by atoms with E-state index >= 15 is 4.39 Å². The lowest BCUT2D eigenvalue weighted by molar-refractivity contribution is -0.139. The first-order chi connectivity index (χ1) is 12.3. The highest BCUT2D eigenvalue weighted by Crippen LogP contribution is 2.45. The number of aromatic nitrogens is 1. The third kappa shape index (κ3) is 2.91. The van der Waals surface area contributed by atoms with E-state index in [-0.39, 0.29) is 34.6 Å². The topological polar surface area (TPSA) is 64.4 Å². The van der Waals surface area contributed by atoms with Crippen LogP contribution in [-0.2, 0) is 9.47 Å². The van der Waals surface area contributed by atoms with E-state index in [1.165, 1.54) is 25.4 Å². The van der Waals surface area contributed by atoms with Crippen LogP contribution in [0.3, 0.4) is 0 Å². The number of halogens is 2. The van der Waals surface area contributed by atoms with Gasteiger partial charge in [0.1, 0.15) is 23.7 Å². The minimum Gasteiger partial charge on any atom is -0.495 e. The summed E-state index contributed by atoms with van der Waals surface area (Å²) in [5.74, 6) is -2.48. The summed E-state index contributed by atoms with van der Waals surface area (Å²) in [6, 6.07) is 4.90. The fourth-order valence-corrected chi connectivity index (χ4v) is 3.19. The van der Waals surface area contributed by atoms with Gasteiger partial charge in [-0.15, -0.1) is 0 Å². The number of benzene rings is 1. The first kappa shape index (κ1) is 18.2. The van der Waals surface area contributed by atoms with Crippen molar-refractivity contribution >= 4 is 0 Å². The van der Waals surface area contributed by atoms with Crippen LogP contribution in [-0.4, -0.2) is 24.5 Å². The molecule has 3 rings (SSSR count). The molecule has 2 aromatic rings. The van der Waals surface area contributed by atoms with Gasteiger partial charge in [0, 0.05) is 17.3 Å². The summed E-state index contributed by atoms with van der Waals surface area (Å²) in [7, 11) is 1.31. The molecule has 0 spiro atoms. The predicted octanol–water partition coefficient (Wildman–Crippen LogP) is 4.04. The lowest BCUT2D eigenvalue weighted by atomic mass is 9.91. The minimum atomic E-state index is -0.879. The van der Waals surface area contributed by atoms with Gasteiger partial charge in [0.2, 0.25) is 5.95 Å². The van der Waals surface area contributed by atoms with Crippen molar-refractivity contribution in [1.29, 1.82) is 5.26 Å². The molecule has 0 radical (unpaired) electrons. The molecule has 1 aliphatic heterocycles. The van der Waals surface area contributed by atoms with E-state index in [9.17, 15) is 9.65 Å². The molecule has 0 saturated carbocycles. The average molecular weight is 360 g/mol. The summed E-state index contributed by atoms with van der Waals surface area (Å²) < 4.78 is 46.4. The minimum absolute atomic E-state index is 0.0312. The van der Waals surface area contributed by atoms with Crippen molar-refractivity contribution in [2.24, 2.45) is 0 Å². The number of ether oxygens (including phenoxy) is 3. The van der Waals surface area contributed by atoms with Crippen LogP contribution in [0, 0.1) is 30.0 Å². The largest absolute Gasteiger partial charge is 0.495 e. The molecule has 5 nitrogen and oxygen atoms in total. The Morgan fingerprint density at radius 1 is 1.38 bits per heavy atom. The maximum atomic E-state index is 15.5. The average Bonchev–Trinajstić information content (AvgIpc) is 2.95. The lowest BCUT2D eigenvalue weighted by Crippen LogP contribution is -2.20. The van der Waals surface area contributed by atoms with Crippen LogP contribution in [0.5, 0.6) is 5.75 Å². The van der Waals surface area contributed by atoms with Crippen molar-refractivity contribution in [2.45, 2.75) is 32.7 Å². The molecule has 136 valence electrons. The molecule has 1 atom stereocenters. The number of pyridine rings is 1. The smallest absolute Gasteiger partial charge is 0.220 e. The van der Waals surface area contributed by atoms with Gasteiger partial charge in [0.05, 0.1) is 24.8 Å². The highest BCUT2D eigenvalue weighted by molar-refractivity contribution is 5.77. The van der Waals surface area contributed by atoms with Crippen LogP contribution in [0.4, 0.5) is 8.78 Å². The van der Waals surface area contributed by atoms with E-state index in [0.717, 1.165) is 0 Å². The molecule has 2 heterocycles. The molecule has 0 unspecified atom stereocenters. The van der Waals surface area contributed by atoms with Gasteiger partial charge in [-0.1, -0.05) is 0 Å². The first-order valence-corrected chi connectivity index (χ1v) is 8.03. The van der Waals surface area contributed by atoms with E-state index in [1.807, 2.05) is 6.07 Å². The van der Waals surface area contributed by atoms with Crippen molar-refractivity contribution in [3.63, 3.8) is 0 Å². The molecule has 1 fully saturated rings. The second kappa shape index (κ2) is 6.63. The van der Waals surface area contributed by atoms with E-state index in [0.29, 0.717) is 5.56 Å². The van der Waals surface area contributed by atoms with Gasteiger partial charge in [-0.2, -0.15) is 9.65 Å². The van der Waals surface area contributed by atoms with Gasteiger partial charge >= 0.3 is 0 Å². The molecule has 1 aromatic heterocycles. The highest BCUT2D eigenvalue weighted by atomic mass is 19.1. The summed E-state index contributed by atoms with van der Waals surface area (Å²) in [4.78, 5) is 3.57. The Morgan fingerprint density at radius 3 is 2.65 bits per heavy atom. The van der Waals surface area contributed by atoms with Gasteiger partial charge in [-0.3, -0.25) is 0 Å². The van der Waals surface area contributed by atoms with Gasteiger partial charge in [0.25, 0.3) is 0 Å². The van der Waals surface area contributed by atoms with Gasteiger partial charge in [0.15, 0.2) is 5.79 Å². The molecule has 0 bridgehead atoms. The van der Waals surface area contributed by atoms with Crippen LogP contribution in [0.2, 0.25) is 0 Å². The van der Waals surface area contributed by atoms with Crippen LogP contribution >= 0.6 is 0 Å². The maximum absolute atomic E-state index is 15.5. The van der Waals surface area contributed by atoms with E-state index in [2.05, 4.69) is 4.98 Å². The Balaban J connectivity index is 2.33. The molecule has 0 aliphatic carbocycles. The third-order valence-corrected chi connectivity index (χ3v) is 4.36. The van der Waals surface area contributed by atoms with Crippen LogP contribution in [0.1, 0.15) is 36.6 Å². The van der Waals surface area contributed by atoms with E-state index in [4.69, 9.17) is 14.2 Å². The third-order valence-electron chi connectivity index (χ3n) is 4.36. The summed E-state index contributed by atoms with van der Waals surface area (Å²) in [6.45, 7) is 5.17. The Kier molecular flexibility index (Phi) is 4.65. The van der Waals surface area contributed by atoms with Gasteiger partial charge in [-0.05, 0) is 38.5 Å². The van der Waals surface area contributed by atoms with Crippen molar-refractivity contribution in [3.05, 3.63) is 46.8 Å². The molecular formula is C19H18F2N2O3. The Labute approximate surface area is 150 Å². The first-order valence-electron chi connectivity index (χ1n) is 8.03. The second-order valence-corrected chi connectivity index (χ2v) is 6.41. The molecule has 1 aliphatic rings. The Morgan fingerprint density at radius 2 is 2.12 bits per heavy atom. The van der Waals surface area contributed by atoms with Crippen LogP contribution in [0.25, 0.3) is 11.1 Å². The molecule has 7 heteroatoms. The molecule has 1 aromatic carbocycles. The second-order valence-electron chi connectivity index (χ2n) is 6.41. The molecule has 1 saturated heterocycles. The number of nitriles is 1. The molecule has 26 heavy (non-hydrogen) atoms. The van der Waals surface area contributed by atoms with Crippen molar-refractivity contribution < 1.29 is 23.0 Å². The predicted molar refractivity (Wildman–Crippen MR) is 89.5 cm³/mol. The van der Waals surface area contributed by atoms with Gasteiger partial charge < -0.3 is 14.2 Å². The van der Waals surface area contributed by atoms with Crippen molar-refractivity contribution in [2.75, 3.05) is 13.7 Å². The van der Waals surface area contributed by atoms with E-state index < -0.39 is 23.7 Å². The monoisotopic (exact) mass is 360 g/mol. The zero-order valence-electron chi connectivity index (χ0n) is 14.9. The van der Waals surface area contributed by atoms with Crippen molar-refractivity contribution in [3.8, 4) is 22.9 Å². The quantitative estimate of drug-likeness (QED) is 0.773. The fourth-order valence-electron chi connectivity index (χ4n) is 3.19. The number of rotatable bonds is 3. The Bertz CT molecular complexity index is 907. The number of hydrogen-bond acceptors (Lipinski definition) is 5. The SMILES string of the molecule is COc1c(C#N)c(C)c([C@H]2COC(C)(C)O2)c(F)c1-c1cccnc1F. The normalized spacial score (nSPS) is 18.6. The number of methoxy groups -OCH3 is 1. The summed E-state index contributed by atoms with van der Waals surface area (Å²) in [6.07, 6.45) is 0.543. The zero-order valence-corrected chi connectivity index (χ0v) is 14.9. The van der Waals surface area contributed by atoms with Crippen molar-refractivity contribution in [1.82, 2.24) is 4.98 Å². The molecule has 0 N–H and O–H groups in total. The highest BCUT2D eigenvalue weighted by Gasteiger charge is 2.38. The molecular weight excluding hydrogens is 342 g/mol. The summed E-state index contributed by atoms with van der Waals surface area (Å²) in [5, 5.41) is 9.60. The summed E-state index contributed by atoms with van der Waals surface area (Å²) >= 11 is 0. The fraction of sp³-hybridized carbons (Fsp3) is 0.368. The molecule has 0 amide bonds. The lowest BCUT2D eigenvalue weighted by Gasteiger charge is -2.22.